The van der Waals surface area contributed by atoms with Crippen LogP contribution in [0.5, 0.6) is 0 Å². The highest BCUT2D eigenvalue weighted by molar-refractivity contribution is 7.92. The summed E-state index contributed by atoms with van der Waals surface area (Å²) in [6.07, 6.45) is 4.88. The molecule has 0 atom stereocenters. The summed E-state index contributed by atoms with van der Waals surface area (Å²) in [6, 6.07) is 11.1. The number of aromatic nitrogens is 1. The van der Waals surface area contributed by atoms with Crippen LogP contribution >= 0.6 is 0 Å². The van der Waals surface area contributed by atoms with E-state index in [1.54, 1.807) is 12.1 Å². The summed E-state index contributed by atoms with van der Waals surface area (Å²) in [5.74, 6) is -0.216. The molecule has 0 bridgehead atoms. The van der Waals surface area contributed by atoms with Gasteiger partial charge in [0.25, 0.3) is 5.91 Å². The van der Waals surface area contributed by atoms with Crippen molar-refractivity contribution in [2.24, 2.45) is 7.05 Å². The minimum atomic E-state index is -3.35. The molecule has 2 heterocycles. The van der Waals surface area contributed by atoms with Gasteiger partial charge in [-0.15, -0.1) is 0 Å². The Morgan fingerprint density at radius 3 is 2.68 bits per heavy atom. The predicted molar refractivity (Wildman–Crippen MR) is 113 cm³/mol. The number of amides is 1. The molecule has 7 heteroatoms. The lowest BCUT2D eigenvalue weighted by atomic mass is 10.0. The normalized spacial score (nSPS) is 14.2. The fourth-order valence-corrected chi connectivity index (χ4v) is 4.88. The van der Waals surface area contributed by atoms with Gasteiger partial charge in [-0.3, -0.25) is 9.10 Å². The van der Waals surface area contributed by atoms with Crippen LogP contribution in [-0.4, -0.2) is 31.7 Å². The smallest absolute Gasteiger partial charge is 0.255 e. The van der Waals surface area contributed by atoms with Gasteiger partial charge in [0.05, 0.1) is 11.9 Å². The van der Waals surface area contributed by atoms with Crippen molar-refractivity contribution in [3.8, 4) is 0 Å². The third-order valence-corrected chi connectivity index (χ3v) is 6.45. The van der Waals surface area contributed by atoms with Gasteiger partial charge in [0, 0.05) is 41.9 Å². The Bertz CT molecular complexity index is 1200. The molecule has 0 saturated heterocycles. The van der Waals surface area contributed by atoms with E-state index in [1.165, 1.54) is 10.6 Å². The molecule has 0 fully saturated rings. The molecule has 1 aliphatic rings. The van der Waals surface area contributed by atoms with Gasteiger partial charge >= 0.3 is 0 Å². The summed E-state index contributed by atoms with van der Waals surface area (Å²) in [6.45, 7) is 2.49. The standard InChI is InChI=1S/C21H23N3O3S/c1-14-13-23(2)19-9-7-16(11-18(14)19)21(25)22-17-8-6-15-5-4-10-24(20(15)12-17)28(3,26)27/h6-9,11-13H,4-5,10H2,1-3H3,(H,22,25). The van der Waals surface area contributed by atoms with E-state index in [1.807, 2.05) is 49.0 Å². The second kappa shape index (κ2) is 6.67. The Hall–Kier alpha value is -2.80. The summed E-state index contributed by atoms with van der Waals surface area (Å²) >= 11 is 0. The van der Waals surface area contributed by atoms with Crippen LogP contribution in [0.2, 0.25) is 0 Å². The number of benzene rings is 2. The molecule has 1 aromatic heterocycles. The average Bonchev–Trinajstić information content (AvgIpc) is 2.94. The number of aryl methyl sites for hydroxylation is 3. The monoisotopic (exact) mass is 397 g/mol. The van der Waals surface area contributed by atoms with Gasteiger partial charge in [-0.2, -0.15) is 0 Å². The number of sulfonamides is 1. The SMILES string of the molecule is Cc1cn(C)c2ccc(C(=O)Nc3ccc4c(c3)N(S(C)(=O)=O)CCC4)cc12. The molecule has 6 nitrogen and oxygen atoms in total. The highest BCUT2D eigenvalue weighted by Crippen LogP contribution is 2.32. The highest BCUT2D eigenvalue weighted by atomic mass is 32.2. The molecule has 146 valence electrons. The van der Waals surface area contributed by atoms with E-state index in [0.29, 0.717) is 23.5 Å². The number of hydrogen-bond donors (Lipinski definition) is 1. The third-order valence-electron chi connectivity index (χ3n) is 5.27. The quantitative estimate of drug-likeness (QED) is 0.736. The lowest BCUT2D eigenvalue weighted by Crippen LogP contribution is -2.34. The Morgan fingerprint density at radius 1 is 1.14 bits per heavy atom. The largest absolute Gasteiger partial charge is 0.350 e. The Balaban J connectivity index is 1.64. The van der Waals surface area contributed by atoms with Crippen LogP contribution in [-0.2, 0) is 23.5 Å². The topological polar surface area (TPSA) is 71.4 Å². The maximum atomic E-state index is 12.8. The van der Waals surface area contributed by atoms with E-state index in [4.69, 9.17) is 0 Å². The molecule has 0 saturated carbocycles. The third kappa shape index (κ3) is 3.26. The molecule has 1 N–H and O–H groups in total. The number of carbonyl (C=O) groups excluding carboxylic acids is 1. The molecule has 0 aliphatic carbocycles. The van der Waals surface area contributed by atoms with Crippen molar-refractivity contribution in [1.29, 1.82) is 0 Å². The van der Waals surface area contributed by atoms with Gasteiger partial charge in [-0.1, -0.05) is 6.07 Å². The zero-order chi connectivity index (χ0) is 20.1. The number of carbonyl (C=O) groups is 1. The van der Waals surface area contributed by atoms with E-state index in [9.17, 15) is 13.2 Å². The number of rotatable bonds is 3. The first-order valence-electron chi connectivity index (χ1n) is 9.22. The fraction of sp³-hybridized carbons (Fsp3) is 0.286. The molecule has 0 unspecified atom stereocenters. The number of nitrogens with one attached hydrogen (secondary N) is 1. The maximum Gasteiger partial charge on any atom is 0.255 e. The summed E-state index contributed by atoms with van der Waals surface area (Å²) in [5.41, 5.74) is 4.98. The van der Waals surface area contributed by atoms with Crippen LogP contribution in [0.4, 0.5) is 11.4 Å². The molecule has 2 aromatic carbocycles. The van der Waals surface area contributed by atoms with Gasteiger partial charge in [0.1, 0.15) is 0 Å². The Kier molecular flexibility index (Phi) is 4.42. The van der Waals surface area contributed by atoms with E-state index in [2.05, 4.69) is 5.32 Å². The van der Waals surface area contributed by atoms with Crippen molar-refractivity contribution in [1.82, 2.24) is 4.57 Å². The van der Waals surface area contributed by atoms with Crippen LogP contribution in [0.3, 0.4) is 0 Å². The molecule has 1 aliphatic heterocycles. The van der Waals surface area contributed by atoms with Crippen LogP contribution in [0, 0.1) is 6.92 Å². The summed E-state index contributed by atoms with van der Waals surface area (Å²) in [5, 5.41) is 3.95. The maximum absolute atomic E-state index is 12.8. The molecule has 28 heavy (non-hydrogen) atoms. The zero-order valence-corrected chi connectivity index (χ0v) is 17.0. The lowest BCUT2D eigenvalue weighted by molar-refractivity contribution is 0.102. The number of hydrogen-bond acceptors (Lipinski definition) is 3. The summed E-state index contributed by atoms with van der Waals surface area (Å²) < 4.78 is 27.7. The van der Waals surface area contributed by atoms with Crippen LogP contribution in [0.1, 0.15) is 27.9 Å². The van der Waals surface area contributed by atoms with Crippen LogP contribution < -0.4 is 9.62 Å². The van der Waals surface area contributed by atoms with Crippen molar-refractivity contribution < 1.29 is 13.2 Å². The van der Waals surface area contributed by atoms with Crippen molar-refractivity contribution in [2.75, 3.05) is 22.4 Å². The number of nitrogens with zero attached hydrogens (tertiary/aromatic N) is 2. The van der Waals surface area contributed by atoms with Gasteiger partial charge in [-0.25, -0.2) is 8.42 Å². The van der Waals surface area contributed by atoms with Gasteiger partial charge in [0.15, 0.2) is 0 Å². The highest BCUT2D eigenvalue weighted by Gasteiger charge is 2.24. The van der Waals surface area contributed by atoms with Gasteiger partial charge in [0.2, 0.25) is 10.0 Å². The molecule has 4 rings (SSSR count). The molecule has 1 amide bonds. The second-order valence-electron chi connectivity index (χ2n) is 7.39. The van der Waals surface area contributed by atoms with E-state index < -0.39 is 10.0 Å². The molecular formula is C21H23N3O3S. The minimum absolute atomic E-state index is 0.216. The Morgan fingerprint density at radius 2 is 1.93 bits per heavy atom. The first-order chi connectivity index (χ1) is 13.2. The summed E-state index contributed by atoms with van der Waals surface area (Å²) in [4.78, 5) is 12.8. The van der Waals surface area contributed by atoms with Gasteiger partial charge < -0.3 is 9.88 Å². The second-order valence-corrected chi connectivity index (χ2v) is 9.30. The summed E-state index contributed by atoms with van der Waals surface area (Å²) in [7, 11) is -1.36. The van der Waals surface area contributed by atoms with Crippen molar-refractivity contribution in [3.63, 3.8) is 0 Å². The predicted octanol–water partition coefficient (Wildman–Crippen LogP) is 3.45. The number of anilines is 2. The first-order valence-corrected chi connectivity index (χ1v) is 11.1. The lowest BCUT2D eigenvalue weighted by Gasteiger charge is -2.29. The van der Waals surface area contributed by atoms with Crippen molar-refractivity contribution in [2.45, 2.75) is 19.8 Å². The van der Waals surface area contributed by atoms with E-state index in [-0.39, 0.29) is 5.91 Å². The van der Waals surface area contributed by atoms with E-state index >= 15 is 0 Å². The van der Waals surface area contributed by atoms with Crippen molar-refractivity contribution in [3.05, 3.63) is 59.3 Å². The Labute approximate surface area is 164 Å². The van der Waals surface area contributed by atoms with Gasteiger partial charge in [-0.05, 0) is 61.2 Å². The molecular weight excluding hydrogens is 374 g/mol. The molecule has 3 aromatic rings. The zero-order valence-electron chi connectivity index (χ0n) is 16.2. The number of fused-ring (bicyclic) bond motifs is 2. The fourth-order valence-electron chi connectivity index (χ4n) is 3.90. The molecule has 0 radical (unpaired) electrons. The average molecular weight is 398 g/mol. The first kappa shape index (κ1) is 18.6. The van der Waals surface area contributed by atoms with Crippen molar-refractivity contribution >= 4 is 38.2 Å². The van der Waals surface area contributed by atoms with Crippen LogP contribution in [0.15, 0.2) is 42.6 Å². The minimum Gasteiger partial charge on any atom is -0.350 e. The van der Waals surface area contributed by atoms with Crippen LogP contribution in [0.25, 0.3) is 10.9 Å². The molecule has 0 spiro atoms. The van der Waals surface area contributed by atoms with E-state index in [0.717, 1.165) is 34.9 Å².